The number of hydrogen-bond acceptors (Lipinski definition) is 4. The Bertz CT molecular complexity index is 570. The molecule has 19 heavy (non-hydrogen) atoms. The molecule has 1 aliphatic rings. The molecule has 0 aromatic carbocycles. The van der Waals surface area contributed by atoms with Crippen LogP contribution < -0.4 is 5.32 Å². The van der Waals surface area contributed by atoms with Gasteiger partial charge in [0.1, 0.15) is 11.6 Å². The third-order valence-electron chi connectivity index (χ3n) is 3.71. The third kappa shape index (κ3) is 2.32. The van der Waals surface area contributed by atoms with Crippen molar-refractivity contribution >= 4 is 5.82 Å². The minimum Gasteiger partial charge on any atom is -0.372 e. The van der Waals surface area contributed by atoms with Gasteiger partial charge in [-0.1, -0.05) is 0 Å². The summed E-state index contributed by atoms with van der Waals surface area (Å²) in [5, 5.41) is 2.98. The highest BCUT2D eigenvalue weighted by Crippen LogP contribution is 2.22. The molecule has 0 atom stereocenters. The molecule has 0 saturated carbocycles. The molecule has 0 saturated heterocycles. The smallest absolute Gasteiger partial charge is 0.144 e. The fourth-order valence-electron chi connectivity index (χ4n) is 2.67. The van der Waals surface area contributed by atoms with Gasteiger partial charge in [-0.2, -0.15) is 0 Å². The van der Waals surface area contributed by atoms with E-state index in [2.05, 4.69) is 31.8 Å². The lowest BCUT2D eigenvalue weighted by molar-refractivity contribution is 0.619. The highest BCUT2D eigenvalue weighted by Gasteiger charge is 2.18. The summed E-state index contributed by atoms with van der Waals surface area (Å²) in [5.74, 6) is 1.89. The Morgan fingerprint density at radius 1 is 1.21 bits per heavy atom. The van der Waals surface area contributed by atoms with Gasteiger partial charge in [-0.3, -0.25) is 4.98 Å². The summed E-state index contributed by atoms with van der Waals surface area (Å²) in [6, 6.07) is 0. The monoisotopic (exact) mass is 257 g/mol. The van der Waals surface area contributed by atoms with Crippen LogP contribution in [0.2, 0.25) is 0 Å². The van der Waals surface area contributed by atoms with Gasteiger partial charge >= 0.3 is 0 Å². The summed E-state index contributed by atoms with van der Waals surface area (Å²) in [7, 11) is 1.85. The van der Waals surface area contributed by atoms with Gasteiger partial charge in [0.05, 0.1) is 30.3 Å². The van der Waals surface area contributed by atoms with Gasteiger partial charge in [0.15, 0.2) is 0 Å². The maximum atomic E-state index is 4.68. The predicted octanol–water partition coefficient (Wildman–Crippen LogP) is 1.95. The molecule has 0 unspecified atom stereocenters. The molecule has 0 amide bonds. The number of hydrogen-bond donors (Lipinski definition) is 1. The Morgan fingerprint density at radius 2 is 2.05 bits per heavy atom. The number of imidazole rings is 1. The van der Waals surface area contributed by atoms with Crippen LogP contribution in [0.4, 0.5) is 5.82 Å². The molecule has 3 rings (SSSR count). The normalized spacial score (nSPS) is 14.2. The Labute approximate surface area is 113 Å². The molecule has 5 nitrogen and oxygen atoms in total. The number of nitrogens with zero attached hydrogens (tertiary/aromatic N) is 4. The molecule has 2 aromatic rings. The standard InChI is InChI=1S/C14H19N5/c1-10-18-12-5-3-4-6-13(12)19(10)9-11-7-17-14(15-2)8-16-11/h7-8H,3-6,9H2,1-2H3,(H,15,17). The summed E-state index contributed by atoms with van der Waals surface area (Å²) < 4.78 is 2.29. The Hall–Kier alpha value is -1.91. The summed E-state index contributed by atoms with van der Waals surface area (Å²) >= 11 is 0. The van der Waals surface area contributed by atoms with Gasteiger partial charge in [-0.05, 0) is 32.6 Å². The van der Waals surface area contributed by atoms with Crippen LogP contribution in [0.3, 0.4) is 0 Å². The van der Waals surface area contributed by atoms with E-state index in [1.165, 1.54) is 24.2 Å². The first-order valence-corrected chi connectivity index (χ1v) is 6.81. The molecule has 2 aromatic heterocycles. The second kappa shape index (κ2) is 4.99. The Balaban J connectivity index is 1.88. The lowest BCUT2D eigenvalue weighted by Crippen LogP contribution is -2.11. The molecule has 0 radical (unpaired) electrons. The average molecular weight is 257 g/mol. The number of aromatic nitrogens is 4. The molecule has 100 valence electrons. The van der Waals surface area contributed by atoms with Crippen LogP contribution in [0.1, 0.15) is 35.7 Å². The highest BCUT2D eigenvalue weighted by atomic mass is 15.1. The minimum absolute atomic E-state index is 0.769. The number of rotatable bonds is 3. The fraction of sp³-hybridized carbons (Fsp3) is 0.500. The molecule has 2 heterocycles. The van der Waals surface area contributed by atoms with Gasteiger partial charge in [0.25, 0.3) is 0 Å². The lowest BCUT2D eigenvalue weighted by atomic mass is 10.0. The van der Waals surface area contributed by atoms with Crippen molar-refractivity contribution in [3.8, 4) is 0 Å². The quantitative estimate of drug-likeness (QED) is 0.913. The maximum absolute atomic E-state index is 4.68. The van der Waals surface area contributed by atoms with E-state index in [4.69, 9.17) is 0 Å². The molecule has 0 spiro atoms. The van der Waals surface area contributed by atoms with Crippen LogP contribution in [0.15, 0.2) is 12.4 Å². The van der Waals surface area contributed by atoms with Crippen LogP contribution in [0.5, 0.6) is 0 Å². The van der Waals surface area contributed by atoms with Crippen molar-refractivity contribution in [1.29, 1.82) is 0 Å². The first kappa shape index (κ1) is 12.1. The molecular weight excluding hydrogens is 238 g/mol. The van der Waals surface area contributed by atoms with Gasteiger partial charge in [0.2, 0.25) is 0 Å². The van der Waals surface area contributed by atoms with Crippen molar-refractivity contribution in [3.05, 3.63) is 35.3 Å². The second-order valence-corrected chi connectivity index (χ2v) is 4.99. The lowest BCUT2D eigenvalue weighted by Gasteiger charge is -2.14. The second-order valence-electron chi connectivity index (χ2n) is 4.99. The number of aryl methyl sites for hydroxylation is 2. The number of anilines is 1. The topological polar surface area (TPSA) is 55.6 Å². The van der Waals surface area contributed by atoms with Crippen LogP contribution in [-0.2, 0) is 19.4 Å². The molecule has 0 bridgehead atoms. The SMILES string of the molecule is CNc1cnc(Cn2c(C)nc3c2CCCC3)cn1. The van der Waals surface area contributed by atoms with E-state index in [0.717, 1.165) is 36.7 Å². The van der Waals surface area contributed by atoms with E-state index in [1.807, 2.05) is 13.2 Å². The van der Waals surface area contributed by atoms with Crippen LogP contribution in [0.25, 0.3) is 0 Å². The maximum Gasteiger partial charge on any atom is 0.144 e. The molecule has 1 aliphatic carbocycles. The summed E-state index contributed by atoms with van der Waals surface area (Å²) in [6.45, 7) is 2.85. The van der Waals surface area contributed by atoms with E-state index in [0.29, 0.717) is 0 Å². The van der Waals surface area contributed by atoms with E-state index in [1.54, 1.807) is 6.20 Å². The number of nitrogens with one attached hydrogen (secondary N) is 1. The summed E-state index contributed by atoms with van der Waals surface area (Å²) in [5.41, 5.74) is 3.65. The van der Waals surface area contributed by atoms with E-state index in [9.17, 15) is 0 Å². The zero-order valence-electron chi connectivity index (χ0n) is 11.5. The van der Waals surface area contributed by atoms with Crippen LogP contribution >= 0.6 is 0 Å². The summed E-state index contributed by atoms with van der Waals surface area (Å²) in [6.07, 6.45) is 8.39. The molecule has 1 N–H and O–H groups in total. The predicted molar refractivity (Wildman–Crippen MR) is 74.3 cm³/mol. The van der Waals surface area contributed by atoms with Crippen molar-refractivity contribution in [2.75, 3.05) is 12.4 Å². The summed E-state index contributed by atoms with van der Waals surface area (Å²) in [4.78, 5) is 13.4. The zero-order chi connectivity index (χ0) is 13.2. The molecular formula is C14H19N5. The molecule has 0 aliphatic heterocycles. The van der Waals surface area contributed by atoms with Gasteiger partial charge in [-0.25, -0.2) is 9.97 Å². The highest BCUT2D eigenvalue weighted by molar-refractivity contribution is 5.30. The largest absolute Gasteiger partial charge is 0.372 e. The van der Waals surface area contributed by atoms with Crippen molar-refractivity contribution in [1.82, 2.24) is 19.5 Å². The van der Waals surface area contributed by atoms with Gasteiger partial charge in [-0.15, -0.1) is 0 Å². The zero-order valence-corrected chi connectivity index (χ0v) is 11.5. The minimum atomic E-state index is 0.769. The Morgan fingerprint density at radius 3 is 2.79 bits per heavy atom. The molecule has 0 fully saturated rings. The number of fused-ring (bicyclic) bond motifs is 1. The first-order chi connectivity index (χ1) is 9.28. The fourth-order valence-corrected chi connectivity index (χ4v) is 2.67. The van der Waals surface area contributed by atoms with Crippen LogP contribution in [0, 0.1) is 6.92 Å². The molecule has 5 heteroatoms. The van der Waals surface area contributed by atoms with Gasteiger partial charge in [0, 0.05) is 12.7 Å². The third-order valence-corrected chi connectivity index (χ3v) is 3.71. The van der Waals surface area contributed by atoms with Crippen molar-refractivity contribution in [2.24, 2.45) is 0 Å². The van der Waals surface area contributed by atoms with E-state index >= 15 is 0 Å². The van der Waals surface area contributed by atoms with Crippen molar-refractivity contribution in [2.45, 2.75) is 39.2 Å². The van der Waals surface area contributed by atoms with Crippen molar-refractivity contribution < 1.29 is 0 Å². The first-order valence-electron chi connectivity index (χ1n) is 6.81. The van der Waals surface area contributed by atoms with Crippen LogP contribution in [-0.4, -0.2) is 26.6 Å². The van der Waals surface area contributed by atoms with Crippen molar-refractivity contribution in [3.63, 3.8) is 0 Å². The van der Waals surface area contributed by atoms with E-state index < -0.39 is 0 Å². The van der Waals surface area contributed by atoms with Gasteiger partial charge < -0.3 is 9.88 Å². The average Bonchev–Trinajstić information content (AvgIpc) is 2.76. The Kier molecular flexibility index (Phi) is 3.19. The van der Waals surface area contributed by atoms with E-state index in [-0.39, 0.29) is 0 Å².